The van der Waals surface area contributed by atoms with Crippen molar-refractivity contribution in [1.29, 1.82) is 0 Å². The van der Waals surface area contributed by atoms with E-state index in [1.807, 2.05) is 54.3 Å². The molecule has 0 bridgehead atoms. The van der Waals surface area contributed by atoms with E-state index in [2.05, 4.69) is 16.0 Å². The first-order chi connectivity index (χ1) is 17.6. The maximum atomic E-state index is 13.1. The van der Waals surface area contributed by atoms with Crippen molar-refractivity contribution in [3.05, 3.63) is 94.0 Å². The maximum Gasteiger partial charge on any atom is 0.265 e. The lowest BCUT2D eigenvalue weighted by atomic mass is 10.1. The second-order valence-corrected chi connectivity index (χ2v) is 9.12. The van der Waals surface area contributed by atoms with E-state index in [0.29, 0.717) is 41.1 Å². The number of fused-ring (bicyclic) bond motifs is 2. The summed E-state index contributed by atoms with van der Waals surface area (Å²) in [5.41, 5.74) is 3.04. The zero-order valence-electron chi connectivity index (χ0n) is 20.0. The number of hydrogen-bond donors (Lipinski definition) is 0. The quantitative estimate of drug-likeness (QED) is 0.444. The summed E-state index contributed by atoms with van der Waals surface area (Å²) in [7, 11) is 0. The van der Waals surface area contributed by atoms with Gasteiger partial charge in [0.1, 0.15) is 5.82 Å². The van der Waals surface area contributed by atoms with E-state index in [1.54, 1.807) is 22.8 Å². The molecule has 8 nitrogen and oxygen atoms in total. The topological polar surface area (TPSA) is 76.9 Å². The summed E-state index contributed by atoms with van der Waals surface area (Å²) in [6, 6.07) is 20.6. The predicted octanol–water partition coefficient (Wildman–Crippen LogP) is 3.38. The van der Waals surface area contributed by atoms with Gasteiger partial charge >= 0.3 is 0 Å². The average molecular weight is 483 g/mol. The van der Waals surface area contributed by atoms with Crippen LogP contribution in [-0.4, -0.2) is 58.2 Å². The molecular formula is C28H26N4O4. The van der Waals surface area contributed by atoms with Gasteiger partial charge in [-0.05, 0) is 61.0 Å². The zero-order valence-corrected chi connectivity index (χ0v) is 20.0. The number of aryl methyl sites for hydroxylation is 1. The van der Waals surface area contributed by atoms with Crippen LogP contribution in [0.25, 0.3) is 16.6 Å². The van der Waals surface area contributed by atoms with Gasteiger partial charge in [0, 0.05) is 38.3 Å². The van der Waals surface area contributed by atoms with Crippen LogP contribution < -0.4 is 15.0 Å². The smallest absolute Gasteiger partial charge is 0.265 e. The SMILES string of the molecule is Cc1nc2ccccc2c(=O)n1-c1ccc(C(=O)N2CCN(Cc3ccc4c(c3)OCO4)CC2)cc1. The third kappa shape index (κ3) is 4.09. The van der Waals surface area contributed by atoms with Crippen LogP contribution in [-0.2, 0) is 6.54 Å². The largest absolute Gasteiger partial charge is 0.454 e. The normalized spacial score (nSPS) is 15.4. The standard InChI is InChI=1S/C28H26N4O4/c1-19-29-24-5-3-2-4-23(24)28(34)32(19)22-9-7-21(8-10-22)27(33)31-14-12-30(13-15-31)17-20-6-11-25-26(16-20)36-18-35-25/h2-11,16H,12-15,17-18H2,1H3. The summed E-state index contributed by atoms with van der Waals surface area (Å²) in [5.74, 6) is 2.19. The number of carbonyl (C=O) groups excluding carboxylic acids is 1. The third-order valence-electron chi connectivity index (χ3n) is 6.82. The summed E-state index contributed by atoms with van der Waals surface area (Å²) in [6.07, 6.45) is 0. The Kier molecular flexibility index (Phi) is 5.65. The number of ether oxygens (including phenoxy) is 2. The van der Waals surface area contributed by atoms with Crippen molar-refractivity contribution in [1.82, 2.24) is 19.4 Å². The van der Waals surface area contributed by atoms with Crippen molar-refractivity contribution in [2.45, 2.75) is 13.5 Å². The highest BCUT2D eigenvalue weighted by atomic mass is 16.7. The van der Waals surface area contributed by atoms with E-state index in [4.69, 9.17) is 9.47 Å². The molecule has 0 radical (unpaired) electrons. The zero-order chi connectivity index (χ0) is 24.6. The highest BCUT2D eigenvalue weighted by Gasteiger charge is 2.23. The average Bonchev–Trinajstić information content (AvgIpc) is 3.37. The van der Waals surface area contributed by atoms with Crippen LogP contribution in [0.2, 0.25) is 0 Å². The van der Waals surface area contributed by atoms with Crippen molar-refractivity contribution >= 4 is 16.8 Å². The molecule has 0 N–H and O–H groups in total. The van der Waals surface area contributed by atoms with E-state index in [-0.39, 0.29) is 18.3 Å². The van der Waals surface area contributed by atoms with Crippen LogP contribution in [0.5, 0.6) is 11.5 Å². The molecule has 1 fully saturated rings. The van der Waals surface area contributed by atoms with Crippen LogP contribution in [0.15, 0.2) is 71.5 Å². The Morgan fingerprint density at radius 2 is 1.67 bits per heavy atom. The second-order valence-electron chi connectivity index (χ2n) is 9.12. The van der Waals surface area contributed by atoms with E-state index in [9.17, 15) is 9.59 Å². The van der Waals surface area contributed by atoms with Gasteiger partial charge in [-0.15, -0.1) is 0 Å². The lowest BCUT2D eigenvalue weighted by Gasteiger charge is -2.34. The van der Waals surface area contributed by atoms with E-state index in [1.165, 1.54) is 5.56 Å². The van der Waals surface area contributed by atoms with Gasteiger partial charge in [0.15, 0.2) is 11.5 Å². The Hall–Kier alpha value is -4.17. The molecule has 0 unspecified atom stereocenters. The summed E-state index contributed by atoms with van der Waals surface area (Å²) in [5, 5.41) is 0.571. The fourth-order valence-corrected chi connectivity index (χ4v) is 4.89. The molecule has 1 amide bonds. The van der Waals surface area contributed by atoms with E-state index >= 15 is 0 Å². The highest BCUT2D eigenvalue weighted by molar-refractivity contribution is 5.94. The predicted molar refractivity (Wildman–Crippen MR) is 136 cm³/mol. The molecule has 4 aromatic rings. The Morgan fingerprint density at radius 3 is 2.47 bits per heavy atom. The number of piperazine rings is 1. The molecule has 0 spiro atoms. The molecule has 3 aromatic carbocycles. The molecule has 6 rings (SSSR count). The van der Waals surface area contributed by atoms with Gasteiger partial charge in [0.05, 0.1) is 16.6 Å². The molecular weight excluding hydrogens is 456 g/mol. The number of rotatable bonds is 4. The van der Waals surface area contributed by atoms with Gasteiger partial charge in [-0.1, -0.05) is 18.2 Å². The second kappa shape index (κ2) is 9.13. The Labute approximate surface area is 208 Å². The first-order valence-corrected chi connectivity index (χ1v) is 12.1. The minimum atomic E-state index is -0.115. The lowest BCUT2D eigenvalue weighted by Crippen LogP contribution is -2.48. The molecule has 0 aliphatic carbocycles. The Bertz CT molecular complexity index is 1500. The third-order valence-corrected chi connectivity index (χ3v) is 6.82. The van der Waals surface area contributed by atoms with E-state index < -0.39 is 0 Å². The Morgan fingerprint density at radius 1 is 0.917 bits per heavy atom. The highest BCUT2D eigenvalue weighted by Crippen LogP contribution is 2.32. The van der Waals surface area contributed by atoms with Crippen molar-refractivity contribution in [2.24, 2.45) is 0 Å². The number of para-hydroxylation sites is 1. The fourth-order valence-electron chi connectivity index (χ4n) is 4.89. The number of carbonyl (C=O) groups is 1. The van der Waals surface area contributed by atoms with Crippen LogP contribution >= 0.6 is 0 Å². The minimum Gasteiger partial charge on any atom is -0.454 e. The molecule has 2 aliphatic heterocycles. The molecule has 8 heteroatoms. The molecule has 0 saturated carbocycles. The van der Waals surface area contributed by atoms with Crippen LogP contribution in [0.3, 0.4) is 0 Å². The summed E-state index contributed by atoms with van der Waals surface area (Å²) >= 11 is 0. The number of aromatic nitrogens is 2. The fraction of sp³-hybridized carbons (Fsp3) is 0.250. The van der Waals surface area contributed by atoms with Gasteiger partial charge in [-0.3, -0.25) is 19.1 Å². The van der Waals surface area contributed by atoms with Gasteiger partial charge in [0.2, 0.25) is 6.79 Å². The van der Waals surface area contributed by atoms with Gasteiger partial charge < -0.3 is 14.4 Å². The van der Waals surface area contributed by atoms with Gasteiger partial charge in [-0.25, -0.2) is 4.98 Å². The molecule has 182 valence electrons. The first kappa shape index (κ1) is 22.3. The van der Waals surface area contributed by atoms with Crippen molar-refractivity contribution < 1.29 is 14.3 Å². The van der Waals surface area contributed by atoms with Crippen molar-refractivity contribution in [3.8, 4) is 17.2 Å². The molecule has 2 aliphatic rings. The Balaban J connectivity index is 1.12. The van der Waals surface area contributed by atoms with E-state index in [0.717, 1.165) is 31.1 Å². The minimum absolute atomic E-state index is 0.00462. The molecule has 3 heterocycles. The lowest BCUT2D eigenvalue weighted by molar-refractivity contribution is 0.0628. The summed E-state index contributed by atoms with van der Waals surface area (Å²) in [4.78, 5) is 35.0. The molecule has 36 heavy (non-hydrogen) atoms. The van der Waals surface area contributed by atoms with Crippen LogP contribution in [0.1, 0.15) is 21.7 Å². The van der Waals surface area contributed by atoms with Gasteiger partial charge in [0.25, 0.3) is 11.5 Å². The monoisotopic (exact) mass is 482 g/mol. The van der Waals surface area contributed by atoms with Crippen LogP contribution in [0, 0.1) is 6.92 Å². The van der Waals surface area contributed by atoms with Gasteiger partial charge in [-0.2, -0.15) is 0 Å². The molecule has 0 atom stereocenters. The maximum absolute atomic E-state index is 13.1. The number of benzene rings is 3. The molecule has 1 aromatic heterocycles. The van der Waals surface area contributed by atoms with Crippen molar-refractivity contribution in [2.75, 3.05) is 33.0 Å². The first-order valence-electron chi connectivity index (χ1n) is 12.1. The van der Waals surface area contributed by atoms with Crippen molar-refractivity contribution in [3.63, 3.8) is 0 Å². The summed E-state index contributed by atoms with van der Waals surface area (Å²) in [6.45, 7) is 5.83. The molecule has 1 saturated heterocycles. The van der Waals surface area contributed by atoms with Crippen LogP contribution in [0.4, 0.5) is 0 Å². The number of amides is 1. The number of nitrogens with zero attached hydrogens (tertiary/aromatic N) is 4. The summed E-state index contributed by atoms with van der Waals surface area (Å²) < 4.78 is 12.5. The number of hydrogen-bond acceptors (Lipinski definition) is 6.